The first kappa shape index (κ1) is 10.6. The normalized spacial score (nSPS) is 22.9. The third kappa shape index (κ3) is 2.76. The molecule has 0 radical (unpaired) electrons. The maximum atomic E-state index is 6.13. The average Bonchev–Trinajstić information content (AvgIpc) is 2.71. The number of hydrogen-bond acceptors (Lipinski definition) is 3. The number of nitrogens with zero attached hydrogens (tertiary/aromatic N) is 1. The van der Waals surface area contributed by atoms with Crippen LogP contribution in [0.15, 0.2) is 18.3 Å². The lowest BCUT2D eigenvalue weighted by Gasteiger charge is -2.15. The van der Waals surface area contributed by atoms with Crippen LogP contribution in [-0.4, -0.2) is 18.2 Å². The van der Waals surface area contributed by atoms with Crippen molar-refractivity contribution in [1.29, 1.82) is 0 Å². The Morgan fingerprint density at radius 2 is 2.47 bits per heavy atom. The quantitative estimate of drug-likeness (QED) is 0.820. The first-order chi connectivity index (χ1) is 7.25. The minimum atomic E-state index is 0.102. The molecule has 3 nitrogen and oxygen atoms in total. The van der Waals surface area contributed by atoms with Crippen molar-refractivity contribution < 1.29 is 4.74 Å². The number of ether oxygens (including phenoxy) is 1. The molecule has 1 aliphatic rings. The maximum absolute atomic E-state index is 6.13. The Kier molecular flexibility index (Phi) is 3.34. The van der Waals surface area contributed by atoms with E-state index in [1.54, 1.807) is 0 Å². The molecule has 15 heavy (non-hydrogen) atoms. The highest BCUT2D eigenvalue weighted by molar-refractivity contribution is 5.16. The predicted octanol–water partition coefficient (Wildman–Crippen LogP) is 1.82. The minimum absolute atomic E-state index is 0.102. The van der Waals surface area contributed by atoms with Gasteiger partial charge in [0.1, 0.15) is 0 Å². The summed E-state index contributed by atoms with van der Waals surface area (Å²) in [6.45, 7) is 3.75. The summed E-state index contributed by atoms with van der Waals surface area (Å²) in [5.41, 5.74) is 8.30. The molecule has 1 aromatic heterocycles. The SMILES string of the molecule is Cc1ccc(C(N)CC2CCOC2)cn1. The van der Waals surface area contributed by atoms with Crippen LogP contribution in [0.25, 0.3) is 0 Å². The van der Waals surface area contributed by atoms with E-state index in [1.165, 1.54) is 0 Å². The molecule has 1 aromatic rings. The summed E-state index contributed by atoms with van der Waals surface area (Å²) in [7, 11) is 0. The van der Waals surface area contributed by atoms with E-state index in [0.29, 0.717) is 5.92 Å². The molecule has 0 spiro atoms. The molecule has 0 aliphatic carbocycles. The van der Waals surface area contributed by atoms with Crippen LogP contribution in [0, 0.1) is 12.8 Å². The number of aryl methyl sites for hydroxylation is 1. The highest BCUT2D eigenvalue weighted by atomic mass is 16.5. The molecule has 2 N–H and O–H groups in total. The summed E-state index contributed by atoms with van der Waals surface area (Å²) in [5, 5.41) is 0. The number of nitrogens with two attached hydrogens (primary N) is 1. The monoisotopic (exact) mass is 206 g/mol. The molecule has 2 unspecified atom stereocenters. The average molecular weight is 206 g/mol. The van der Waals surface area contributed by atoms with E-state index in [2.05, 4.69) is 11.1 Å². The topological polar surface area (TPSA) is 48.1 Å². The van der Waals surface area contributed by atoms with Gasteiger partial charge in [0.2, 0.25) is 0 Å². The Morgan fingerprint density at radius 3 is 3.07 bits per heavy atom. The summed E-state index contributed by atoms with van der Waals surface area (Å²) in [4.78, 5) is 4.26. The molecule has 0 aromatic carbocycles. The van der Waals surface area contributed by atoms with Crippen molar-refractivity contribution in [3.05, 3.63) is 29.6 Å². The fourth-order valence-corrected chi connectivity index (χ4v) is 1.96. The molecular weight excluding hydrogens is 188 g/mol. The van der Waals surface area contributed by atoms with E-state index in [4.69, 9.17) is 10.5 Å². The number of aromatic nitrogens is 1. The van der Waals surface area contributed by atoms with Crippen molar-refractivity contribution in [3.63, 3.8) is 0 Å². The third-order valence-electron chi connectivity index (χ3n) is 2.97. The largest absolute Gasteiger partial charge is 0.381 e. The molecule has 3 heteroatoms. The molecule has 2 atom stereocenters. The molecular formula is C12H18N2O. The van der Waals surface area contributed by atoms with Gasteiger partial charge in [-0.05, 0) is 37.3 Å². The van der Waals surface area contributed by atoms with Gasteiger partial charge in [-0.2, -0.15) is 0 Å². The second-order valence-electron chi connectivity index (χ2n) is 4.30. The van der Waals surface area contributed by atoms with Gasteiger partial charge in [0.25, 0.3) is 0 Å². The van der Waals surface area contributed by atoms with Gasteiger partial charge in [-0.1, -0.05) is 6.07 Å². The molecule has 0 saturated carbocycles. The summed E-state index contributed by atoms with van der Waals surface area (Å²) < 4.78 is 5.34. The van der Waals surface area contributed by atoms with Crippen molar-refractivity contribution in [2.24, 2.45) is 11.7 Å². The second kappa shape index (κ2) is 4.73. The van der Waals surface area contributed by atoms with Crippen LogP contribution in [0.2, 0.25) is 0 Å². The molecule has 0 amide bonds. The van der Waals surface area contributed by atoms with Crippen LogP contribution >= 0.6 is 0 Å². The van der Waals surface area contributed by atoms with Crippen molar-refractivity contribution in [3.8, 4) is 0 Å². The maximum Gasteiger partial charge on any atom is 0.0495 e. The Labute approximate surface area is 90.7 Å². The number of pyridine rings is 1. The van der Waals surface area contributed by atoms with E-state index in [-0.39, 0.29) is 6.04 Å². The molecule has 1 saturated heterocycles. The van der Waals surface area contributed by atoms with Gasteiger partial charge >= 0.3 is 0 Å². The van der Waals surface area contributed by atoms with Crippen molar-refractivity contribution in [2.45, 2.75) is 25.8 Å². The Balaban J connectivity index is 1.94. The molecule has 0 bridgehead atoms. The Hall–Kier alpha value is -0.930. The van der Waals surface area contributed by atoms with Gasteiger partial charge in [-0.3, -0.25) is 4.98 Å². The summed E-state index contributed by atoms with van der Waals surface area (Å²) >= 11 is 0. The van der Waals surface area contributed by atoms with Crippen LogP contribution in [0.5, 0.6) is 0 Å². The van der Waals surface area contributed by atoms with Gasteiger partial charge < -0.3 is 10.5 Å². The van der Waals surface area contributed by atoms with Gasteiger partial charge in [0, 0.05) is 31.1 Å². The lowest BCUT2D eigenvalue weighted by Crippen LogP contribution is -2.15. The third-order valence-corrected chi connectivity index (χ3v) is 2.97. The van der Waals surface area contributed by atoms with Gasteiger partial charge in [0.05, 0.1) is 0 Å². The highest BCUT2D eigenvalue weighted by Crippen LogP contribution is 2.24. The standard InChI is InChI=1S/C12H18N2O/c1-9-2-3-11(7-14-9)12(13)6-10-4-5-15-8-10/h2-3,7,10,12H,4-6,8,13H2,1H3. The fraction of sp³-hybridized carbons (Fsp3) is 0.583. The lowest BCUT2D eigenvalue weighted by molar-refractivity contribution is 0.182. The van der Waals surface area contributed by atoms with Gasteiger partial charge in [-0.15, -0.1) is 0 Å². The summed E-state index contributed by atoms with van der Waals surface area (Å²) in [6.07, 6.45) is 4.04. The second-order valence-corrected chi connectivity index (χ2v) is 4.30. The molecule has 1 fully saturated rings. The Morgan fingerprint density at radius 1 is 1.60 bits per heavy atom. The van der Waals surface area contributed by atoms with Crippen LogP contribution < -0.4 is 5.73 Å². The molecule has 2 heterocycles. The molecule has 82 valence electrons. The van der Waals surface area contributed by atoms with E-state index < -0.39 is 0 Å². The fourth-order valence-electron chi connectivity index (χ4n) is 1.96. The summed E-state index contributed by atoms with van der Waals surface area (Å²) in [6, 6.07) is 4.19. The lowest BCUT2D eigenvalue weighted by atomic mass is 9.96. The van der Waals surface area contributed by atoms with Crippen LogP contribution in [0.3, 0.4) is 0 Å². The van der Waals surface area contributed by atoms with E-state index in [1.807, 2.05) is 19.2 Å². The highest BCUT2D eigenvalue weighted by Gasteiger charge is 2.19. The van der Waals surface area contributed by atoms with Crippen LogP contribution in [0.1, 0.15) is 30.1 Å². The molecule has 1 aliphatic heterocycles. The zero-order chi connectivity index (χ0) is 10.7. The van der Waals surface area contributed by atoms with Crippen LogP contribution in [-0.2, 0) is 4.74 Å². The summed E-state index contributed by atoms with van der Waals surface area (Å²) in [5.74, 6) is 0.626. The van der Waals surface area contributed by atoms with Crippen molar-refractivity contribution >= 4 is 0 Å². The first-order valence-electron chi connectivity index (χ1n) is 5.51. The van der Waals surface area contributed by atoms with Gasteiger partial charge in [-0.25, -0.2) is 0 Å². The zero-order valence-electron chi connectivity index (χ0n) is 9.15. The van der Waals surface area contributed by atoms with Crippen LogP contribution in [0.4, 0.5) is 0 Å². The van der Waals surface area contributed by atoms with E-state index >= 15 is 0 Å². The Bertz CT molecular complexity index is 304. The molecule has 2 rings (SSSR count). The van der Waals surface area contributed by atoms with Crippen molar-refractivity contribution in [1.82, 2.24) is 4.98 Å². The van der Waals surface area contributed by atoms with E-state index in [0.717, 1.165) is 37.3 Å². The predicted molar refractivity (Wildman–Crippen MR) is 59.4 cm³/mol. The zero-order valence-corrected chi connectivity index (χ0v) is 9.15. The van der Waals surface area contributed by atoms with Gasteiger partial charge in [0.15, 0.2) is 0 Å². The van der Waals surface area contributed by atoms with E-state index in [9.17, 15) is 0 Å². The number of hydrogen-bond donors (Lipinski definition) is 1. The number of rotatable bonds is 3. The first-order valence-corrected chi connectivity index (χ1v) is 5.51. The minimum Gasteiger partial charge on any atom is -0.381 e. The van der Waals surface area contributed by atoms with Crippen molar-refractivity contribution in [2.75, 3.05) is 13.2 Å². The smallest absolute Gasteiger partial charge is 0.0495 e.